The number of rotatable bonds is 7. The summed E-state index contributed by atoms with van der Waals surface area (Å²) in [7, 11) is 0. The van der Waals surface area contributed by atoms with Crippen LogP contribution < -0.4 is 10.5 Å². The van der Waals surface area contributed by atoms with Crippen molar-refractivity contribution in [2.75, 3.05) is 13.2 Å². The fourth-order valence-electron chi connectivity index (χ4n) is 1.58. The number of hydrogen-bond donors (Lipinski definition) is 1. The van der Waals surface area contributed by atoms with Crippen molar-refractivity contribution in [3.8, 4) is 5.75 Å². The second-order valence-electron chi connectivity index (χ2n) is 3.99. The van der Waals surface area contributed by atoms with Crippen LogP contribution in [0, 0.1) is 6.92 Å². The van der Waals surface area contributed by atoms with E-state index in [0.717, 1.165) is 36.6 Å². The van der Waals surface area contributed by atoms with E-state index < -0.39 is 0 Å². The van der Waals surface area contributed by atoms with E-state index in [9.17, 15) is 0 Å². The Labute approximate surface area is 98.0 Å². The number of hydrogen-bond acceptors (Lipinski definition) is 3. The van der Waals surface area contributed by atoms with Gasteiger partial charge in [0.05, 0.1) is 12.3 Å². The highest BCUT2D eigenvalue weighted by Crippen LogP contribution is 2.17. The van der Waals surface area contributed by atoms with E-state index in [1.807, 2.05) is 19.1 Å². The number of nitrogens with two attached hydrogens (primary N) is 1. The molecule has 90 valence electrons. The van der Waals surface area contributed by atoms with Crippen LogP contribution in [0.2, 0.25) is 0 Å². The third-order valence-electron chi connectivity index (χ3n) is 2.46. The number of nitrogens with zero attached hydrogens (tertiary/aromatic N) is 1. The van der Waals surface area contributed by atoms with Crippen molar-refractivity contribution < 1.29 is 4.74 Å². The van der Waals surface area contributed by atoms with E-state index in [-0.39, 0.29) is 0 Å². The van der Waals surface area contributed by atoms with E-state index >= 15 is 0 Å². The minimum atomic E-state index is 0.613. The average molecular weight is 222 g/mol. The molecule has 0 spiro atoms. The summed E-state index contributed by atoms with van der Waals surface area (Å²) in [5, 5.41) is 0. The van der Waals surface area contributed by atoms with Gasteiger partial charge in [-0.05, 0) is 32.0 Å². The predicted octanol–water partition coefficient (Wildman–Crippen LogP) is 2.46. The molecule has 2 N–H and O–H groups in total. The Bertz CT molecular complexity index is 313. The van der Waals surface area contributed by atoms with E-state index in [1.165, 1.54) is 12.8 Å². The largest absolute Gasteiger partial charge is 0.492 e. The third-order valence-corrected chi connectivity index (χ3v) is 2.46. The highest BCUT2D eigenvalue weighted by molar-refractivity contribution is 5.29. The monoisotopic (exact) mass is 222 g/mol. The molecule has 0 aliphatic heterocycles. The standard InChI is InChI=1S/C13H22N2O/c1-3-4-5-10-16-13-7-6-11(2)15-12(13)8-9-14/h6-7H,3-5,8-10,14H2,1-2H3. The van der Waals surface area contributed by atoms with Crippen LogP contribution in [-0.2, 0) is 6.42 Å². The van der Waals surface area contributed by atoms with E-state index in [4.69, 9.17) is 10.5 Å². The summed E-state index contributed by atoms with van der Waals surface area (Å²) in [5.74, 6) is 0.896. The van der Waals surface area contributed by atoms with Gasteiger partial charge in [0.2, 0.25) is 0 Å². The van der Waals surface area contributed by atoms with Crippen LogP contribution in [0.3, 0.4) is 0 Å². The van der Waals surface area contributed by atoms with Gasteiger partial charge in [-0.25, -0.2) is 0 Å². The molecule has 16 heavy (non-hydrogen) atoms. The minimum absolute atomic E-state index is 0.613. The van der Waals surface area contributed by atoms with Gasteiger partial charge in [-0.15, -0.1) is 0 Å². The van der Waals surface area contributed by atoms with Gasteiger partial charge in [0.25, 0.3) is 0 Å². The summed E-state index contributed by atoms with van der Waals surface area (Å²) >= 11 is 0. The molecule has 3 heteroatoms. The van der Waals surface area contributed by atoms with Crippen LogP contribution in [0.15, 0.2) is 12.1 Å². The summed E-state index contributed by atoms with van der Waals surface area (Å²) in [6, 6.07) is 3.98. The molecule has 0 radical (unpaired) electrons. The predicted molar refractivity (Wildman–Crippen MR) is 66.8 cm³/mol. The highest BCUT2D eigenvalue weighted by atomic mass is 16.5. The van der Waals surface area contributed by atoms with Gasteiger partial charge in [-0.3, -0.25) is 4.98 Å². The fourth-order valence-corrected chi connectivity index (χ4v) is 1.58. The number of aryl methyl sites for hydroxylation is 1. The molecule has 0 atom stereocenters. The van der Waals surface area contributed by atoms with E-state index in [2.05, 4.69) is 11.9 Å². The van der Waals surface area contributed by atoms with E-state index in [1.54, 1.807) is 0 Å². The van der Waals surface area contributed by atoms with Gasteiger partial charge < -0.3 is 10.5 Å². The Kier molecular flexibility index (Phi) is 5.86. The lowest BCUT2D eigenvalue weighted by Crippen LogP contribution is -2.08. The zero-order valence-corrected chi connectivity index (χ0v) is 10.3. The van der Waals surface area contributed by atoms with Crippen molar-refractivity contribution in [3.05, 3.63) is 23.5 Å². The van der Waals surface area contributed by atoms with Crippen LogP contribution in [0.4, 0.5) is 0 Å². The molecule has 1 aromatic rings. The van der Waals surface area contributed by atoms with Crippen LogP contribution in [0.1, 0.15) is 37.6 Å². The Balaban J connectivity index is 2.56. The van der Waals surface area contributed by atoms with Crippen molar-refractivity contribution in [1.29, 1.82) is 0 Å². The quantitative estimate of drug-likeness (QED) is 0.721. The number of ether oxygens (including phenoxy) is 1. The topological polar surface area (TPSA) is 48.1 Å². The molecular formula is C13H22N2O. The first-order valence-corrected chi connectivity index (χ1v) is 6.07. The number of pyridine rings is 1. The molecule has 0 aliphatic rings. The molecule has 1 rings (SSSR count). The normalized spacial score (nSPS) is 10.4. The van der Waals surface area contributed by atoms with Gasteiger partial charge in [0, 0.05) is 12.1 Å². The van der Waals surface area contributed by atoms with Gasteiger partial charge in [-0.2, -0.15) is 0 Å². The summed E-state index contributed by atoms with van der Waals surface area (Å²) in [6.45, 7) is 5.56. The number of aromatic nitrogens is 1. The fraction of sp³-hybridized carbons (Fsp3) is 0.615. The SMILES string of the molecule is CCCCCOc1ccc(C)nc1CCN. The molecule has 3 nitrogen and oxygen atoms in total. The smallest absolute Gasteiger partial charge is 0.140 e. The van der Waals surface area contributed by atoms with Crippen molar-refractivity contribution in [2.45, 2.75) is 39.5 Å². The molecule has 0 amide bonds. The van der Waals surface area contributed by atoms with Crippen LogP contribution in [0.5, 0.6) is 5.75 Å². The maximum atomic E-state index is 5.73. The van der Waals surface area contributed by atoms with Gasteiger partial charge in [0.15, 0.2) is 0 Å². The summed E-state index contributed by atoms with van der Waals surface area (Å²) in [5.41, 5.74) is 7.56. The lowest BCUT2D eigenvalue weighted by molar-refractivity contribution is 0.301. The molecule has 0 aromatic carbocycles. The maximum absolute atomic E-state index is 5.73. The van der Waals surface area contributed by atoms with Crippen LogP contribution >= 0.6 is 0 Å². The summed E-state index contributed by atoms with van der Waals surface area (Å²) in [4.78, 5) is 4.46. The zero-order valence-electron chi connectivity index (χ0n) is 10.3. The number of unbranched alkanes of at least 4 members (excludes halogenated alkanes) is 2. The summed E-state index contributed by atoms with van der Waals surface area (Å²) in [6.07, 6.45) is 4.31. The van der Waals surface area contributed by atoms with Crippen molar-refractivity contribution >= 4 is 0 Å². The lowest BCUT2D eigenvalue weighted by Gasteiger charge is -2.10. The molecule has 0 aliphatic carbocycles. The highest BCUT2D eigenvalue weighted by Gasteiger charge is 2.04. The van der Waals surface area contributed by atoms with Crippen LogP contribution in [0.25, 0.3) is 0 Å². The van der Waals surface area contributed by atoms with Gasteiger partial charge in [-0.1, -0.05) is 19.8 Å². The van der Waals surface area contributed by atoms with Gasteiger partial charge in [0.1, 0.15) is 5.75 Å². The Morgan fingerprint density at radius 2 is 2.12 bits per heavy atom. The molecule has 0 unspecified atom stereocenters. The summed E-state index contributed by atoms with van der Waals surface area (Å²) < 4.78 is 5.73. The Hall–Kier alpha value is -1.09. The molecular weight excluding hydrogens is 200 g/mol. The second-order valence-corrected chi connectivity index (χ2v) is 3.99. The average Bonchev–Trinajstić information content (AvgIpc) is 2.27. The zero-order chi connectivity index (χ0) is 11.8. The van der Waals surface area contributed by atoms with E-state index in [0.29, 0.717) is 6.54 Å². The lowest BCUT2D eigenvalue weighted by atomic mass is 10.2. The first kappa shape index (κ1) is 13.0. The molecule has 1 aromatic heterocycles. The maximum Gasteiger partial charge on any atom is 0.140 e. The van der Waals surface area contributed by atoms with Crippen molar-refractivity contribution in [2.24, 2.45) is 5.73 Å². The first-order chi connectivity index (χ1) is 7.77. The van der Waals surface area contributed by atoms with Crippen molar-refractivity contribution in [3.63, 3.8) is 0 Å². The Morgan fingerprint density at radius 3 is 2.81 bits per heavy atom. The molecule has 0 bridgehead atoms. The second kappa shape index (κ2) is 7.23. The first-order valence-electron chi connectivity index (χ1n) is 6.07. The Morgan fingerprint density at radius 1 is 1.31 bits per heavy atom. The molecule has 0 fully saturated rings. The third kappa shape index (κ3) is 4.19. The molecule has 1 heterocycles. The molecule has 0 saturated heterocycles. The molecule has 0 saturated carbocycles. The minimum Gasteiger partial charge on any atom is -0.492 e. The van der Waals surface area contributed by atoms with Gasteiger partial charge >= 0.3 is 0 Å². The van der Waals surface area contributed by atoms with Crippen LogP contribution in [-0.4, -0.2) is 18.1 Å². The van der Waals surface area contributed by atoms with Crippen molar-refractivity contribution in [1.82, 2.24) is 4.98 Å².